The Balaban J connectivity index is 2.09. The van der Waals surface area contributed by atoms with Crippen molar-refractivity contribution >= 4 is 11.6 Å². The maximum atomic E-state index is 12.1. The molecule has 1 amide bonds. The lowest BCUT2D eigenvalue weighted by Crippen LogP contribution is -2.45. The molecule has 1 aliphatic rings. The molecule has 18 heavy (non-hydrogen) atoms. The van der Waals surface area contributed by atoms with Gasteiger partial charge < -0.3 is 16.2 Å². The Labute approximate surface area is 106 Å². The van der Waals surface area contributed by atoms with Gasteiger partial charge in [0.25, 0.3) is 5.91 Å². The summed E-state index contributed by atoms with van der Waals surface area (Å²) < 4.78 is 0. The first-order chi connectivity index (χ1) is 8.58. The molecule has 1 aromatic heterocycles. The van der Waals surface area contributed by atoms with E-state index in [1.807, 2.05) is 0 Å². The number of aryl methyl sites for hydroxylation is 1. The molecule has 1 heterocycles. The van der Waals surface area contributed by atoms with E-state index >= 15 is 0 Å². The molecule has 1 saturated carbocycles. The van der Waals surface area contributed by atoms with Crippen molar-refractivity contribution in [3.05, 3.63) is 23.5 Å². The highest BCUT2D eigenvalue weighted by Gasteiger charge is 2.25. The molecule has 5 heteroatoms. The van der Waals surface area contributed by atoms with Crippen molar-refractivity contribution in [1.82, 2.24) is 10.3 Å². The van der Waals surface area contributed by atoms with Crippen LogP contribution < -0.4 is 11.1 Å². The zero-order chi connectivity index (χ0) is 13.1. The van der Waals surface area contributed by atoms with E-state index in [4.69, 9.17) is 5.73 Å². The molecule has 2 rings (SSSR count). The first kappa shape index (κ1) is 12.8. The normalized spacial score (nSPS) is 23.7. The molecule has 0 saturated heterocycles. The van der Waals surface area contributed by atoms with Gasteiger partial charge in [0.1, 0.15) is 0 Å². The van der Waals surface area contributed by atoms with Gasteiger partial charge in [-0.1, -0.05) is 12.8 Å². The van der Waals surface area contributed by atoms with E-state index in [-0.39, 0.29) is 11.9 Å². The number of carbonyl (C=O) groups excluding carboxylic acids is 1. The van der Waals surface area contributed by atoms with Crippen molar-refractivity contribution in [2.24, 2.45) is 0 Å². The molecule has 1 aromatic rings. The molecule has 0 unspecified atom stereocenters. The highest BCUT2D eigenvalue weighted by atomic mass is 16.3. The summed E-state index contributed by atoms with van der Waals surface area (Å²) in [4.78, 5) is 16.2. The van der Waals surface area contributed by atoms with Crippen molar-refractivity contribution in [3.8, 4) is 0 Å². The second-order valence-corrected chi connectivity index (χ2v) is 4.83. The van der Waals surface area contributed by atoms with E-state index in [0.29, 0.717) is 16.9 Å². The van der Waals surface area contributed by atoms with Gasteiger partial charge in [-0.05, 0) is 25.8 Å². The first-order valence-electron chi connectivity index (χ1n) is 6.29. The van der Waals surface area contributed by atoms with Crippen LogP contribution in [0.3, 0.4) is 0 Å². The minimum Gasteiger partial charge on any atom is -0.397 e. The predicted molar refractivity (Wildman–Crippen MR) is 69.1 cm³/mol. The second-order valence-electron chi connectivity index (χ2n) is 4.83. The molecule has 0 aromatic carbocycles. The number of hydrogen-bond acceptors (Lipinski definition) is 4. The average molecular weight is 249 g/mol. The number of pyridine rings is 1. The molecule has 0 aliphatic heterocycles. The van der Waals surface area contributed by atoms with Crippen molar-refractivity contribution < 1.29 is 9.90 Å². The van der Waals surface area contributed by atoms with Crippen LogP contribution in [-0.2, 0) is 0 Å². The number of rotatable bonds is 2. The smallest absolute Gasteiger partial charge is 0.253 e. The number of anilines is 1. The van der Waals surface area contributed by atoms with Crippen LogP contribution in [0.5, 0.6) is 0 Å². The van der Waals surface area contributed by atoms with E-state index in [2.05, 4.69) is 10.3 Å². The fourth-order valence-electron chi connectivity index (χ4n) is 2.30. The zero-order valence-corrected chi connectivity index (χ0v) is 10.5. The maximum Gasteiger partial charge on any atom is 0.253 e. The number of nitrogens with two attached hydrogens (primary N) is 1. The Morgan fingerprint density at radius 3 is 2.94 bits per heavy atom. The molecule has 0 spiro atoms. The van der Waals surface area contributed by atoms with Crippen LogP contribution in [-0.4, -0.2) is 28.1 Å². The molecule has 4 N–H and O–H groups in total. The van der Waals surface area contributed by atoms with E-state index in [1.54, 1.807) is 13.0 Å². The number of nitrogen functional groups attached to an aromatic ring is 1. The number of nitrogens with one attached hydrogen (secondary N) is 1. The van der Waals surface area contributed by atoms with Gasteiger partial charge in [-0.3, -0.25) is 9.78 Å². The molecule has 1 fully saturated rings. The van der Waals surface area contributed by atoms with Gasteiger partial charge in [0, 0.05) is 0 Å². The van der Waals surface area contributed by atoms with Gasteiger partial charge in [-0.25, -0.2) is 0 Å². The van der Waals surface area contributed by atoms with Gasteiger partial charge in [0.05, 0.1) is 35.3 Å². The highest BCUT2D eigenvalue weighted by Crippen LogP contribution is 2.19. The summed E-state index contributed by atoms with van der Waals surface area (Å²) >= 11 is 0. The summed E-state index contributed by atoms with van der Waals surface area (Å²) in [5.41, 5.74) is 7.23. The standard InChI is InChI=1S/C13H19N3O2/c1-8-10(6-9(14)7-15-8)13(18)16-11-4-2-3-5-12(11)17/h6-7,11-12,17H,2-5,14H2,1H3,(H,16,18)/t11-,12-/m1/s1. The fourth-order valence-corrected chi connectivity index (χ4v) is 2.30. The Bertz CT molecular complexity index is 448. The Kier molecular flexibility index (Phi) is 3.81. The summed E-state index contributed by atoms with van der Waals surface area (Å²) in [5.74, 6) is -0.210. The van der Waals surface area contributed by atoms with Crippen LogP contribution in [0.1, 0.15) is 41.7 Å². The Morgan fingerprint density at radius 1 is 1.50 bits per heavy atom. The SMILES string of the molecule is Cc1ncc(N)cc1C(=O)N[C@@H]1CCCC[C@H]1O. The molecular formula is C13H19N3O2. The third kappa shape index (κ3) is 2.79. The largest absolute Gasteiger partial charge is 0.397 e. The molecule has 1 aliphatic carbocycles. The number of aromatic nitrogens is 1. The first-order valence-corrected chi connectivity index (χ1v) is 6.29. The highest BCUT2D eigenvalue weighted by molar-refractivity contribution is 5.96. The third-order valence-corrected chi connectivity index (χ3v) is 3.40. The number of hydrogen-bond donors (Lipinski definition) is 3. The summed E-state index contributed by atoms with van der Waals surface area (Å²) in [5, 5.41) is 12.7. The molecule has 0 bridgehead atoms. The van der Waals surface area contributed by atoms with Crippen molar-refractivity contribution in [2.45, 2.75) is 44.8 Å². The van der Waals surface area contributed by atoms with Gasteiger partial charge in [0.15, 0.2) is 0 Å². The summed E-state index contributed by atoms with van der Waals surface area (Å²) in [6.45, 7) is 1.77. The fraction of sp³-hybridized carbons (Fsp3) is 0.538. The number of aliphatic hydroxyl groups excluding tert-OH is 1. The number of amides is 1. The average Bonchev–Trinajstić information content (AvgIpc) is 2.35. The van der Waals surface area contributed by atoms with E-state index in [1.165, 1.54) is 6.20 Å². The Hall–Kier alpha value is -1.62. The van der Waals surface area contributed by atoms with Crippen molar-refractivity contribution in [3.63, 3.8) is 0 Å². The van der Waals surface area contributed by atoms with Crippen LogP contribution in [0.2, 0.25) is 0 Å². The second kappa shape index (κ2) is 5.35. The quantitative estimate of drug-likeness (QED) is 0.729. The lowest BCUT2D eigenvalue weighted by molar-refractivity contribution is 0.0716. The summed E-state index contributed by atoms with van der Waals surface area (Å²) in [7, 11) is 0. The van der Waals surface area contributed by atoms with Crippen molar-refractivity contribution in [2.75, 3.05) is 5.73 Å². The number of aliphatic hydroxyl groups is 1. The summed E-state index contributed by atoms with van der Waals surface area (Å²) in [6.07, 6.45) is 4.71. The van der Waals surface area contributed by atoms with Gasteiger partial charge in [-0.15, -0.1) is 0 Å². The maximum absolute atomic E-state index is 12.1. The zero-order valence-electron chi connectivity index (χ0n) is 10.5. The van der Waals surface area contributed by atoms with E-state index in [9.17, 15) is 9.90 Å². The topological polar surface area (TPSA) is 88.2 Å². The minimum absolute atomic E-state index is 0.160. The van der Waals surface area contributed by atoms with E-state index < -0.39 is 6.10 Å². The lowest BCUT2D eigenvalue weighted by atomic mass is 9.92. The van der Waals surface area contributed by atoms with Crippen LogP contribution in [0, 0.1) is 6.92 Å². The van der Waals surface area contributed by atoms with Crippen molar-refractivity contribution in [1.29, 1.82) is 0 Å². The minimum atomic E-state index is -0.447. The Morgan fingerprint density at radius 2 is 2.22 bits per heavy atom. The molecule has 0 radical (unpaired) electrons. The number of carbonyl (C=O) groups is 1. The third-order valence-electron chi connectivity index (χ3n) is 3.40. The van der Waals surface area contributed by atoms with Gasteiger partial charge in [-0.2, -0.15) is 0 Å². The molecule has 2 atom stereocenters. The predicted octanol–water partition coefficient (Wildman–Crippen LogP) is 1.01. The lowest BCUT2D eigenvalue weighted by Gasteiger charge is -2.28. The van der Waals surface area contributed by atoms with Crippen LogP contribution in [0.25, 0.3) is 0 Å². The number of nitrogens with zero attached hydrogens (tertiary/aromatic N) is 1. The monoisotopic (exact) mass is 249 g/mol. The van der Waals surface area contributed by atoms with Gasteiger partial charge in [0.2, 0.25) is 0 Å². The van der Waals surface area contributed by atoms with Crippen LogP contribution in [0.15, 0.2) is 12.3 Å². The molecular weight excluding hydrogens is 230 g/mol. The summed E-state index contributed by atoms with van der Waals surface area (Å²) in [6, 6.07) is 1.46. The van der Waals surface area contributed by atoms with E-state index in [0.717, 1.165) is 25.7 Å². The van der Waals surface area contributed by atoms with Crippen LogP contribution >= 0.6 is 0 Å². The molecule has 98 valence electrons. The van der Waals surface area contributed by atoms with Crippen LogP contribution in [0.4, 0.5) is 5.69 Å². The van der Waals surface area contributed by atoms with Gasteiger partial charge >= 0.3 is 0 Å². The molecule has 5 nitrogen and oxygen atoms in total.